The molecule has 3 rings (SSSR count). The Labute approximate surface area is 157 Å². The molecule has 0 fully saturated rings. The van der Waals surface area contributed by atoms with E-state index in [2.05, 4.69) is 14.7 Å². The van der Waals surface area contributed by atoms with E-state index in [1.54, 1.807) is 30.3 Å². The zero-order chi connectivity index (χ0) is 19.6. The third-order valence-electron chi connectivity index (χ3n) is 3.80. The molecule has 0 spiro atoms. The van der Waals surface area contributed by atoms with Crippen molar-refractivity contribution in [1.82, 2.24) is 9.97 Å². The molecule has 0 atom stereocenters. The summed E-state index contributed by atoms with van der Waals surface area (Å²) in [6.07, 6.45) is 1.56. The number of carboxylic acid groups (broad SMARTS) is 1. The summed E-state index contributed by atoms with van der Waals surface area (Å²) in [7, 11) is 1.30. The van der Waals surface area contributed by atoms with E-state index in [4.69, 9.17) is 16.7 Å². The van der Waals surface area contributed by atoms with Crippen molar-refractivity contribution < 1.29 is 19.4 Å². The molecule has 1 aromatic heterocycles. The Morgan fingerprint density at radius 2 is 1.81 bits per heavy atom. The number of fused-ring (bicyclic) bond motifs is 1. The molecule has 2 N–H and O–H groups in total. The Morgan fingerprint density at radius 1 is 1.15 bits per heavy atom. The number of nitrogens with one attached hydrogen (secondary N) is 1. The number of aromatic nitrogens is 2. The van der Waals surface area contributed by atoms with Crippen LogP contribution in [0, 0.1) is 0 Å². The van der Waals surface area contributed by atoms with Crippen LogP contribution in [0.4, 0.5) is 0 Å². The molecule has 0 saturated heterocycles. The first kappa shape index (κ1) is 18.3. The molecule has 0 aliphatic heterocycles. The van der Waals surface area contributed by atoms with Crippen LogP contribution in [-0.2, 0) is 4.74 Å². The summed E-state index contributed by atoms with van der Waals surface area (Å²) < 4.78 is 4.64. The van der Waals surface area contributed by atoms with Gasteiger partial charge in [0.15, 0.2) is 5.82 Å². The molecule has 0 radical (unpaired) electrons. The Bertz CT molecular complexity index is 1130. The number of esters is 1. The predicted octanol–water partition coefficient (Wildman–Crippen LogP) is 3.14. The highest BCUT2D eigenvalue weighted by Gasteiger charge is 2.10. The number of H-pyrrole nitrogens is 1. The van der Waals surface area contributed by atoms with Gasteiger partial charge in [0.2, 0.25) is 0 Å². The number of methoxy groups -OCH3 is 1. The third-order valence-corrected chi connectivity index (χ3v) is 4.09. The van der Waals surface area contributed by atoms with Crippen molar-refractivity contribution in [3.8, 4) is 0 Å². The van der Waals surface area contributed by atoms with Gasteiger partial charge in [-0.3, -0.25) is 4.79 Å². The molecule has 7 nitrogen and oxygen atoms in total. The lowest BCUT2D eigenvalue weighted by atomic mass is 10.1. The normalized spacial score (nSPS) is 11.4. The highest BCUT2D eigenvalue weighted by Crippen LogP contribution is 2.21. The van der Waals surface area contributed by atoms with Crippen molar-refractivity contribution in [1.29, 1.82) is 0 Å². The minimum absolute atomic E-state index is 0.0186. The quantitative estimate of drug-likeness (QED) is 0.669. The van der Waals surface area contributed by atoms with Crippen molar-refractivity contribution in [3.63, 3.8) is 0 Å². The van der Waals surface area contributed by atoms with Crippen LogP contribution in [0.1, 0.15) is 32.1 Å². The standard InChI is InChI=1S/C19H13ClN2O5/c1-27-19(26)11-4-2-10(3-5-11)8-14(20)16-21-15-9-12(18(24)25)6-7-13(15)17(23)22-16/h2-9H,1H3,(H,24,25)(H,21,22,23). The van der Waals surface area contributed by atoms with Crippen molar-refractivity contribution in [2.75, 3.05) is 7.11 Å². The Morgan fingerprint density at radius 3 is 2.44 bits per heavy atom. The number of aromatic carboxylic acids is 1. The molecule has 0 saturated carbocycles. The highest BCUT2D eigenvalue weighted by molar-refractivity contribution is 6.50. The summed E-state index contributed by atoms with van der Waals surface area (Å²) >= 11 is 6.27. The third kappa shape index (κ3) is 3.88. The van der Waals surface area contributed by atoms with Gasteiger partial charge in [-0.2, -0.15) is 0 Å². The lowest BCUT2D eigenvalue weighted by molar-refractivity contribution is 0.0600. The second-order valence-corrected chi connectivity index (χ2v) is 5.96. The second-order valence-electron chi connectivity index (χ2n) is 5.56. The average Bonchev–Trinajstić information content (AvgIpc) is 2.67. The van der Waals surface area contributed by atoms with Crippen LogP contribution in [0.15, 0.2) is 47.3 Å². The summed E-state index contributed by atoms with van der Waals surface area (Å²) in [5.41, 5.74) is 0.879. The molecule has 0 unspecified atom stereocenters. The molecule has 27 heavy (non-hydrogen) atoms. The van der Waals surface area contributed by atoms with Crippen LogP contribution in [0.2, 0.25) is 0 Å². The van der Waals surface area contributed by atoms with Gasteiger partial charge >= 0.3 is 11.9 Å². The highest BCUT2D eigenvalue weighted by atomic mass is 35.5. The maximum atomic E-state index is 12.2. The first-order chi connectivity index (χ1) is 12.9. The van der Waals surface area contributed by atoms with Crippen molar-refractivity contribution >= 4 is 45.6 Å². The number of carboxylic acids is 1. The fourth-order valence-electron chi connectivity index (χ4n) is 2.43. The number of rotatable bonds is 4. The SMILES string of the molecule is COC(=O)c1ccc(C=C(Cl)c2nc3cc(C(=O)O)ccc3c(=O)[nH]2)cc1. The minimum Gasteiger partial charge on any atom is -0.478 e. The summed E-state index contributed by atoms with van der Waals surface area (Å²) in [5, 5.41) is 9.50. The summed E-state index contributed by atoms with van der Waals surface area (Å²) in [4.78, 5) is 41.6. The zero-order valence-corrected chi connectivity index (χ0v) is 14.8. The summed E-state index contributed by atoms with van der Waals surface area (Å²) in [5.74, 6) is -1.46. The number of ether oxygens (including phenoxy) is 1. The van der Waals surface area contributed by atoms with E-state index < -0.39 is 17.5 Å². The average molecular weight is 385 g/mol. The van der Waals surface area contributed by atoms with Crippen molar-refractivity contribution in [2.45, 2.75) is 0 Å². The molecule has 2 aromatic carbocycles. The van der Waals surface area contributed by atoms with Gasteiger partial charge in [0, 0.05) is 0 Å². The number of benzene rings is 2. The van der Waals surface area contributed by atoms with Crippen molar-refractivity contribution in [3.05, 3.63) is 75.3 Å². The maximum Gasteiger partial charge on any atom is 0.337 e. The summed E-state index contributed by atoms with van der Waals surface area (Å²) in [6, 6.07) is 10.5. The monoisotopic (exact) mass is 384 g/mol. The lowest BCUT2D eigenvalue weighted by Gasteiger charge is -2.04. The maximum absolute atomic E-state index is 12.2. The number of aromatic amines is 1. The van der Waals surface area contributed by atoms with Gasteiger partial charge in [0.1, 0.15) is 0 Å². The number of hydrogen-bond acceptors (Lipinski definition) is 5. The molecule has 1 heterocycles. The molecule has 0 amide bonds. The molecule has 0 aliphatic carbocycles. The number of nitrogens with zero attached hydrogens (tertiary/aromatic N) is 1. The van der Waals surface area contributed by atoms with Crippen LogP contribution >= 0.6 is 11.6 Å². The van der Waals surface area contributed by atoms with Crippen LogP contribution in [-0.4, -0.2) is 34.1 Å². The molecular formula is C19H13ClN2O5. The number of carbonyl (C=O) groups is 2. The summed E-state index contributed by atoms with van der Waals surface area (Å²) in [6.45, 7) is 0. The smallest absolute Gasteiger partial charge is 0.337 e. The number of carbonyl (C=O) groups excluding carboxylic acids is 1. The van der Waals surface area contributed by atoms with Gasteiger partial charge in [-0.25, -0.2) is 14.6 Å². The molecule has 3 aromatic rings. The largest absolute Gasteiger partial charge is 0.478 e. The van der Waals surface area contributed by atoms with Crippen molar-refractivity contribution in [2.24, 2.45) is 0 Å². The molecular weight excluding hydrogens is 372 g/mol. The van der Waals surface area contributed by atoms with E-state index >= 15 is 0 Å². The molecule has 0 bridgehead atoms. The van der Waals surface area contributed by atoms with E-state index in [0.29, 0.717) is 11.1 Å². The van der Waals surface area contributed by atoms with Crippen LogP contribution in [0.3, 0.4) is 0 Å². The molecule has 136 valence electrons. The van der Waals surface area contributed by atoms with Crippen LogP contribution in [0.5, 0.6) is 0 Å². The Kier molecular flexibility index (Phi) is 5.05. The second kappa shape index (κ2) is 7.43. The van der Waals surface area contributed by atoms with Crippen LogP contribution in [0.25, 0.3) is 22.0 Å². The first-order valence-corrected chi connectivity index (χ1v) is 8.10. The lowest BCUT2D eigenvalue weighted by Crippen LogP contribution is -2.11. The zero-order valence-electron chi connectivity index (χ0n) is 14.0. The fourth-order valence-corrected chi connectivity index (χ4v) is 2.65. The van der Waals surface area contributed by atoms with E-state index in [9.17, 15) is 14.4 Å². The minimum atomic E-state index is -1.12. The fraction of sp³-hybridized carbons (Fsp3) is 0.0526. The predicted molar refractivity (Wildman–Crippen MR) is 101 cm³/mol. The number of halogens is 1. The van der Waals surface area contributed by atoms with Gasteiger partial charge in [0.25, 0.3) is 5.56 Å². The molecule has 8 heteroatoms. The van der Waals surface area contributed by atoms with E-state index in [-0.39, 0.29) is 27.3 Å². The number of hydrogen-bond donors (Lipinski definition) is 2. The van der Waals surface area contributed by atoms with Gasteiger partial charge in [0.05, 0.1) is 34.2 Å². The van der Waals surface area contributed by atoms with E-state index in [1.165, 1.54) is 25.3 Å². The topological polar surface area (TPSA) is 109 Å². The van der Waals surface area contributed by atoms with Crippen LogP contribution < -0.4 is 5.56 Å². The van der Waals surface area contributed by atoms with Gasteiger partial charge in [-0.05, 0) is 42.0 Å². The van der Waals surface area contributed by atoms with E-state index in [1.807, 2.05) is 0 Å². The van der Waals surface area contributed by atoms with Gasteiger partial charge in [-0.15, -0.1) is 0 Å². The molecule has 0 aliphatic rings. The van der Waals surface area contributed by atoms with E-state index in [0.717, 1.165) is 0 Å². The van der Waals surface area contributed by atoms with Gasteiger partial charge < -0.3 is 14.8 Å². The Balaban J connectivity index is 2.00. The Hall–Kier alpha value is -3.45. The first-order valence-electron chi connectivity index (χ1n) is 7.72. The van der Waals surface area contributed by atoms with Gasteiger partial charge in [-0.1, -0.05) is 23.7 Å².